The highest BCUT2D eigenvalue weighted by atomic mass is 35.5. The molecule has 0 bridgehead atoms. The number of ether oxygens (including phenoxy) is 1. The molecule has 1 aliphatic heterocycles. The zero-order valence-electron chi connectivity index (χ0n) is 21.4. The van der Waals surface area contributed by atoms with E-state index in [0.717, 1.165) is 49.2 Å². The first-order chi connectivity index (χ1) is 18.6. The van der Waals surface area contributed by atoms with Crippen LogP contribution in [0.4, 0.5) is 0 Å². The molecule has 0 radical (unpaired) electrons. The zero-order chi connectivity index (χ0) is 26.3. The second-order valence-corrected chi connectivity index (χ2v) is 11.3. The Kier molecular flexibility index (Phi) is 9.17. The first kappa shape index (κ1) is 26.9. The number of amides is 2. The summed E-state index contributed by atoms with van der Waals surface area (Å²) < 4.78 is 11.5. The van der Waals surface area contributed by atoms with E-state index >= 15 is 0 Å². The predicted molar refractivity (Wildman–Crippen MR) is 148 cm³/mol. The number of hydrogen-bond donors (Lipinski definition) is 1. The van der Waals surface area contributed by atoms with E-state index in [-0.39, 0.29) is 30.2 Å². The number of morpholine rings is 1. The molecule has 2 aliphatic rings. The Bertz CT molecular complexity index is 1200. The Balaban J connectivity index is 1.44. The van der Waals surface area contributed by atoms with Gasteiger partial charge in [0, 0.05) is 35.6 Å². The topological polar surface area (TPSA) is 75.0 Å². The number of furan rings is 1. The summed E-state index contributed by atoms with van der Waals surface area (Å²) in [5.74, 6) is 0.426. The second-order valence-electron chi connectivity index (χ2n) is 9.94. The average molecular weight is 556 g/mol. The van der Waals surface area contributed by atoms with Crippen LogP contribution in [-0.4, -0.2) is 54.0 Å². The molecule has 7 nitrogen and oxygen atoms in total. The Hall–Kier alpha value is -2.65. The monoisotopic (exact) mass is 555 g/mol. The molecule has 2 aromatic heterocycles. The van der Waals surface area contributed by atoms with E-state index < -0.39 is 6.04 Å². The van der Waals surface area contributed by atoms with Crippen molar-refractivity contribution in [2.75, 3.05) is 26.3 Å². The lowest BCUT2D eigenvalue weighted by atomic mass is 9.95. The Labute approximate surface area is 232 Å². The van der Waals surface area contributed by atoms with E-state index in [2.05, 4.69) is 10.2 Å². The maximum absolute atomic E-state index is 14.1. The van der Waals surface area contributed by atoms with Crippen LogP contribution in [0.25, 0.3) is 0 Å². The van der Waals surface area contributed by atoms with Crippen molar-refractivity contribution >= 4 is 34.8 Å². The number of hydrogen-bond acceptors (Lipinski definition) is 6. The molecular formula is C29H34ClN3O4S. The number of thiophene rings is 1. The van der Waals surface area contributed by atoms with Gasteiger partial charge in [0.1, 0.15) is 11.8 Å². The predicted octanol–water partition coefficient (Wildman–Crippen LogP) is 5.66. The smallest absolute Gasteiger partial charge is 0.290 e. The molecule has 3 aromatic rings. The van der Waals surface area contributed by atoms with Crippen molar-refractivity contribution in [2.24, 2.45) is 0 Å². The second kappa shape index (κ2) is 12.9. The molecule has 1 N–H and O–H groups in total. The van der Waals surface area contributed by atoms with Gasteiger partial charge in [-0.15, -0.1) is 11.3 Å². The summed E-state index contributed by atoms with van der Waals surface area (Å²) in [7, 11) is 0. The van der Waals surface area contributed by atoms with Gasteiger partial charge in [0.05, 0.1) is 19.8 Å². The molecule has 2 fully saturated rings. The standard InChI is InChI=1S/C29H34ClN3O4S/c30-24-10-5-4-7-21(24)19-33(29(35)25-13-12-23(37-25)20-32-14-16-36-17-15-32)27(26-11-6-18-38-26)28(34)31-22-8-2-1-3-9-22/h4-7,10-13,18,22,27H,1-3,8-9,14-17,19-20H2,(H,31,34)/t27-/m1/s1. The molecule has 1 saturated carbocycles. The summed E-state index contributed by atoms with van der Waals surface area (Å²) >= 11 is 7.99. The lowest BCUT2D eigenvalue weighted by Gasteiger charge is -2.32. The van der Waals surface area contributed by atoms with Gasteiger partial charge >= 0.3 is 0 Å². The molecular weight excluding hydrogens is 522 g/mol. The van der Waals surface area contributed by atoms with Gasteiger partial charge in [0.15, 0.2) is 5.76 Å². The number of carbonyl (C=O) groups is 2. The number of nitrogens with one attached hydrogen (secondary N) is 1. The molecule has 0 unspecified atom stereocenters. The third-order valence-corrected chi connectivity index (χ3v) is 8.53. The molecule has 5 rings (SSSR count). The Morgan fingerprint density at radius 1 is 1.05 bits per heavy atom. The lowest BCUT2D eigenvalue weighted by Crippen LogP contribution is -2.46. The van der Waals surface area contributed by atoms with E-state index in [4.69, 9.17) is 20.8 Å². The molecule has 2 amide bonds. The highest BCUT2D eigenvalue weighted by Crippen LogP contribution is 2.31. The number of nitrogens with zero attached hydrogens (tertiary/aromatic N) is 2. The minimum absolute atomic E-state index is 0.125. The van der Waals surface area contributed by atoms with Crippen molar-refractivity contribution in [1.29, 1.82) is 0 Å². The van der Waals surface area contributed by atoms with E-state index in [0.29, 0.717) is 30.5 Å². The molecule has 202 valence electrons. The van der Waals surface area contributed by atoms with E-state index in [1.807, 2.05) is 41.8 Å². The fraction of sp³-hybridized carbons (Fsp3) is 0.448. The summed E-state index contributed by atoms with van der Waals surface area (Å²) in [6, 6.07) is 14.1. The quantitative estimate of drug-likeness (QED) is 0.369. The highest BCUT2D eigenvalue weighted by Gasteiger charge is 2.35. The van der Waals surface area contributed by atoms with Crippen LogP contribution in [0.1, 0.15) is 64.9 Å². The van der Waals surface area contributed by atoms with Crippen molar-refractivity contribution in [1.82, 2.24) is 15.1 Å². The summed E-state index contributed by atoms with van der Waals surface area (Å²) in [6.45, 7) is 3.82. The van der Waals surface area contributed by atoms with Crippen molar-refractivity contribution < 1.29 is 18.7 Å². The largest absolute Gasteiger partial charge is 0.455 e. The van der Waals surface area contributed by atoms with Gasteiger partial charge in [-0.05, 0) is 48.1 Å². The molecule has 3 heterocycles. The van der Waals surface area contributed by atoms with E-state index in [1.165, 1.54) is 17.8 Å². The number of benzene rings is 1. The summed E-state index contributed by atoms with van der Waals surface area (Å²) in [5, 5.41) is 5.73. The average Bonchev–Trinajstić information content (AvgIpc) is 3.63. The molecule has 1 atom stereocenters. The van der Waals surface area contributed by atoms with Gasteiger partial charge in [-0.1, -0.05) is 55.1 Å². The zero-order valence-corrected chi connectivity index (χ0v) is 23.0. The third kappa shape index (κ3) is 6.67. The summed E-state index contributed by atoms with van der Waals surface area (Å²) in [4.78, 5) is 32.6. The Morgan fingerprint density at radius 2 is 1.84 bits per heavy atom. The van der Waals surface area contributed by atoms with Gasteiger partial charge in [0.25, 0.3) is 5.91 Å². The van der Waals surface area contributed by atoms with E-state index in [9.17, 15) is 9.59 Å². The number of carbonyl (C=O) groups excluding carboxylic acids is 2. The third-order valence-electron chi connectivity index (χ3n) is 7.24. The SMILES string of the molecule is O=C(NC1CCCCC1)[C@@H](c1cccs1)N(Cc1ccccc1Cl)C(=O)c1ccc(CN2CCOCC2)o1. The van der Waals surface area contributed by atoms with Crippen LogP contribution < -0.4 is 5.32 Å². The summed E-state index contributed by atoms with van der Waals surface area (Å²) in [5.41, 5.74) is 0.773. The number of rotatable bonds is 9. The van der Waals surface area contributed by atoms with Crippen LogP contribution in [0.15, 0.2) is 58.3 Å². The maximum Gasteiger partial charge on any atom is 0.290 e. The molecule has 1 saturated heterocycles. The first-order valence-corrected chi connectivity index (χ1v) is 14.6. The lowest BCUT2D eigenvalue weighted by molar-refractivity contribution is -0.127. The van der Waals surface area contributed by atoms with Gasteiger partial charge in [0.2, 0.25) is 5.91 Å². The minimum atomic E-state index is -0.798. The van der Waals surface area contributed by atoms with Gasteiger partial charge < -0.3 is 19.4 Å². The maximum atomic E-state index is 14.1. The first-order valence-electron chi connectivity index (χ1n) is 13.4. The highest BCUT2D eigenvalue weighted by molar-refractivity contribution is 7.10. The van der Waals surface area contributed by atoms with Crippen LogP contribution in [0.5, 0.6) is 0 Å². The van der Waals surface area contributed by atoms with Gasteiger partial charge in [-0.25, -0.2) is 0 Å². The number of halogens is 1. The summed E-state index contributed by atoms with van der Waals surface area (Å²) in [6.07, 6.45) is 5.34. The van der Waals surface area contributed by atoms with Crippen molar-refractivity contribution in [2.45, 2.75) is 57.3 Å². The molecule has 0 spiro atoms. The van der Waals surface area contributed by atoms with Crippen molar-refractivity contribution in [3.8, 4) is 0 Å². The Morgan fingerprint density at radius 3 is 2.58 bits per heavy atom. The molecule has 1 aromatic carbocycles. The fourth-order valence-corrected chi connectivity index (χ4v) is 6.22. The van der Waals surface area contributed by atoms with Crippen molar-refractivity contribution in [3.05, 3.63) is 80.9 Å². The molecule has 9 heteroatoms. The molecule has 1 aliphatic carbocycles. The van der Waals surface area contributed by atoms with Crippen LogP contribution in [0.3, 0.4) is 0 Å². The van der Waals surface area contributed by atoms with E-state index in [1.54, 1.807) is 17.0 Å². The minimum Gasteiger partial charge on any atom is -0.455 e. The van der Waals surface area contributed by atoms with Gasteiger partial charge in [-0.2, -0.15) is 0 Å². The van der Waals surface area contributed by atoms with Crippen LogP contribution in [0.2, 0.25) is 5.02 Å². The van der Waals surface area contributed by atoms with Gasteiger partial charge in [-0.3, -0.25) is 14.5 Å². The van der Waals surface area contributed by atoms with Crippen LogP contribution in [-0.2, 0) is 22.6 Å². The van der Waals surface area contributed by atoms with Crippen LogP contribution >= 0.6 is 22.9 Å². The molecule has 38 heavy (non-hydrogen) atoms. The fourth-order valence-electron chi connectivity index (χ4n) is 5.19. The van der Waals surface area contributed by atoms with Crippen LogP contribution in [0, 0.1) is 0 Å². The normalized spacial score (nSPS) is 17.7. The van der Waals surface area contributed by atoms with Crippen molar-refractivity contribution in [3.63, 3.8) is 0 Å².